The van der Waals surface area contributed by atoms with E-state index in [1.54, 1.807) is 0 Å². The quantitative estimate of drug-likeness (QED) is 0.572. The molecule has 0 spiro atoms. The molecule has 0 aromatic heterocycles. The summed E-state index contributed by atoms with van der Waals surface area (Å²) in [6.07, 6.45) is 5.43. The average molecular weight is 413 g/mol. The molecule has 160 valence electrons. The maximum atomic E-state index is 10.5. The standard InChI is InChI=1S/C28H32N2O/c1-22(19-24-15-18-31-23(24)2)13-16-30-17-14-27(20-30)28(21-29,25-9-5-3-6-10-25)26-11-7-4-8-12-26/h3-12,19,27H,13-18,20H2,1-2H3/b22-19+. The smallest absolute Gasteiger partial charge is 0.111 e. The van der Waals surface area contributed by atoms with Gasteiger partial charge in [-0.25, -0.2) is 0 Å². The van der Waals surface area contributed by atoms with E-state index in [2.05, 4.69) is 79.4 Å². The van der Waals surface area contributed by atoms with Gasteiger partial charge in [0, 0.05) is 19.5 Å². The van der Waals surface area contributed by atoms with Crippen molar-refractivity contribution < 1.29 is 4.74 Å². The van der Waals surface area contributed by atoms with Crippen molar-refractivity contribution in [3.63, 3.8) is 0 Å². The van der Waals surface area contributed by atoms with Gasteiger partial charge in [-0.3, -0.25) is 0 Å². The molecule has 0 amide bonds. The Balaban J connectivity index is 1.51. The predicted molar refractivity (Wildman–Crippen MR) is 125 cm³/mol. The van der Waals surface area contributed by atoms with Gasteiger partial charge in [0.1, 0.15) is 5.41 Å². The van der Waals surface area contributed by atoms with Crippen LogP contribution < -0.4 is 0 Å². The van der Waals surface area contributed by atoms with Crippen LogP contribution in [0.4, 0.5) is 0 Å². The van der Waals surface area contributed by atoms with E-state index in [4.69, 9.17) is 4.74 Å². The minimum absolute atomic E-state index is 0.278. The van der Waals surface area contributed by atoms with Gasteiger partial charge in [0.15, 0.2) is 0 Å². The molecule has 1 unspecified atom stereocenters. The molecule has 2 heterocycles. The molecule has 3 heteroatoms. The molecule has 2 aliphatic heterocycles. The Bertz CT molecular complexity index is 945. The first-order chi connectivity index (χ1) is 15.1. The average Bonchev–Trinajstić information content (AvgIpc) is 3.44. The summed E-state index contributed by atoms with van der Waals surface area (Å²) in [5.74, 6) is 1.35. The van der Waals surface area contributed by atoms with Crippen molar-refractivity contribution in [3.05, 3.63) is 94.8 Å². The second-order valence-corrected chi connectivity index (χ2v) is 8.86. The lowest BCUT2D eigenvalue weighted by Crippen LogP contribution is -2.37. The van der Waals surface area contributed by atoms with E-state index in [0.29, 0.717) is 0 Å². The fourth-order valence-electron chi connectivity index (χ4n) is 5.11. The number of nitrogens with zero attached hydrogens (tertiary/aromatic N) is 2. The summed E-state index contributed by atoms with van der Waals surface area (Å²) in [4.78, 5) is 2.53. The molecule has 1 atom stereocenters. The predicted octanol–water partition coefficient (Wildman–Crippen LogP) is 5.85. The van der Waals surface area contributed by atoms with Crippen molar-refractivity contribution in [3.8, 4) is 6.07 Å². The second-order valence-electron chi connectivity index (χ2n) is 8.86. The molecule has 0 bridgehead atoms. The zero-order valence-corrected chi connectivity index (χ0v) is 18.7. The minimum atomic E-state index is -0.606. The molecule has 0 aliphatic carbocycles. The normalized spacial score (nSPS) is 20.0. The third kappa shape index (κ3) is 4.45. The number of hydrogen-bond donors (Lipinski definition) is 0. The summed E-state index contributed by atoms with van der Waals surface area (Å²) >= 11 is 0. The van der Waals surface area contributed by atoms with Crippen LogP contribution in [0, 0.1) is 17.2 Å². The highest BCUT2D eigenvalue weighted by Gasteiger charge is 2.45. The summed E-state index contributed by atoms with van der Waals surface area (Å²) in [5.41, 5.74) is 4.35. The highest BCUT2D eigenvalue weighted by Crippen LogP contribution is 2.43. The Hall–Kier alpha value is -2.83. The maximum absolute atomic E-state index is 10.5. The fourth-order valence-corrected chi connectivity index (χ4v) is 5.11. The molecule has 31 heavy (non-hydrogen) atoms. The third-order valence-electron chi connectivity index (χ3n) is 6.90. The van der Waals surface area contributed by atoms with E-state index in [0.717, 1.165) is 62.4 Å². The van der Waals surface area contributed by atoms with Crippen LogP contribution in [0.3, 0.4) is 0 Å². The molecule has 1 saturated heterocycles. The molecular formula is C28H32N2O. The van der Waals surface area contributed by atoms with E-state index < -0.39 is 5.41 Å². The molecular weight excluding hydrogens is 380 g/mol. The lowest BCUT2D eigenvalue weighted by atomic mass is 9.66. The third-order valence-corrected chi connectivity index (χ3v) is 6.90. The van der Waals surface area contributed by atoms with E-state index in [-0.39, 0.29) is 5.92 Å². The Morgan fingerprint density at radius 2 is 1.77 bits per heavy atom. The van der Waals surface area contributed by atoms with Gasteiger partial charge in [0.05, 0.1) is 18.4 Å². The highest BCUT2D eigenvalue weighted by molar-refractivity contribution is 5.47. The van der Waals surface area contributed by atoms with Crippen molar-refractivity contribution in [2.75, 3.05) is 26.2 Å². The van der Waals surface area contributed by atoms with Crippen molar-refractivity contribution in [1.29, 1.82) is 5.26 Å². The van der Waals surface area contributed by atoms with Crippen LogP contribution in [0.15, 0.2) is 83.6 Å². The second kappa shape index (κ2) is 9.54. The van der Waals surface area contributed by atoms with Crippen molar-refractivity contribution in [1.82, 2.24) is 4.90 Å². The number of hydrogen-bond acceptors (Lipinski definition) is 3. The molecule has 3 nitrogen and oxygen atoms in total. The van der Waals surface area contributed by atoms with Gasteiger partial charge < -0.3 is 9.64 Å². The van der Waals surface area contributed by atoms with Crippen LogP contribution in [-0.4, -0.2) is 31.1 Å². The lowest BCUT2D eigenvalue weighted by molar-refractivity contribution is 0.246. The Morgan fingerprint density at radius 1 is 1.13 bits per heavy atom. The van der Waals surface area contributed by atoms with E-state index in [1.165, 1.54) is 11.1 Å². The maximum Gasteiger partial charge on any atom is 0.111 e. The number of benzene rings is 2. The number of ether oxygens (including phenoxy) is 1. The van der Waals surface area contributed by atoms with Gasteiger partial charge in [-0.1, -0.05) is 72.3 Å². The van der Waals surface area contributed by atoms with Crippen LogP contribution >= 0.6 is 0 Å². The molecule has 2 aromatic carbocycles. The SMILES string of the molecule is CC1=C(/C=C(\C)CCN2CCC(C(C#N)(c3ccccc3)c3ccccc3)C2)CCO1. The highest BCUT2D eigenvalue weighted by atomic mass is 16.5. The number of likely N-dealkylation sites (tertiary alicyclic amines) is 1. The summed E-state index contributed by atoms with van der Waals surface area (Å²) in [6.45, 7) is 8.14. The number of nitriles is 1. The summed E-state index contributed by atoms with van der Waals surface area (Å²) in [7, 11) is 0. The fraction of sp³-hybridized carbons (Fsp3) is 0.393. The summed E-state index contributed by atoms with van der Waals surface area (Å²) < 4.78 is 5.59. The first kappa shape index (κ1) is 21.4. The molecule has 0 saturated carbocycles. The van der Waals surface area contributed by atoms with Gasteiger partial charge >= 0.3 is 0 Å². The molecule has 4 rings (SSSR count). The summed E-state index contributed by atoms with van der Waals surface area (Å²) in [6, 6.07) is 23.5. The van der Waals surface area contributed by atoms with Crippen LogP contribution in [0.25, 0.3) is 0 Å². The van der Waals surface area contributed by atoms with Gasteiger partial charge in [0.2, 0.25) is 0 Å². The van der Waals surface area contributed by atoms with Gasteiger partial charge in [-0.15, -0.1) is 0 Å². The largest absolute Gasteiger partial charge is 0.498 e. The first-order valence-electron chi connectivity index (χ1n) is 11.4. The van der Waals surface area contributed by atoms with E-state index >= 15 is 0 Å². The monoisotopic (exact) mass is 412 g/mol. The number of allylic oxidation sites excluding steroid dienone is 2. The zero-order chi connectivity index (χ0) is 21.7. The zero-order valence-electron chi connectivity index (χ0n) is 18.7. The van der Waals surface area contributed by atoms with E-state index in [9.17, 15) is 5.26 Å². The van der Waals surface area contributed by atoms with Crippen molar-refractivity contribution in [2.24, 2.45) is 5.92 Å². The Labute approximate surface area is 186 Å². The van der Waals surface area contributed by atoms with Crippen LogP contribution in [-0.2, 0) is 10.2 Å². The molecule has 2 aromatic rings. The minimum Gasteiger partial charge on any atom is -0.498 e. The molecule has 2 aliphatic rings. The van der Waals surface area contributed by atoms with Gasteiger partial charge in [0.25, 0.3) is 0 Å². The van der Waals surface area contributed by atoms with Crippen molar-refractivity contribution in [2.45, 2.75) is 38.5 Å². The molecule has 1 fully saturated rings. The Morgan fingerprint density at radius 3 is 2.32 bits per heavy atom. The lowest BCUT2D eigenvalue weighted by Gasteiger charge is -2.34. The topological polar surface area (TPSA) is 36.3 Å². The molecule has 0 radical (unpaired) electrons. The number of rotatable bonds is 7. The van der Waals surface area contributed by atoms with Gasteiger partial charge in [-0.05, 0) is 55.9 Å². The van der Waals surface area contributed by atoms with Crippen molar-refractivity contribution >= 4 is 0 Å². The first-order valence-corrected chi connectivity index (χ1v) is 11.4. The van der Waals surface area contributed by atoms with Crippen LogP contribution in [0.2, 0.25) is 0 Å². The summed E-state index contributed by atoms with van der Waals surface area (Å²) in [5, 5.41) is 10.5. The van der Waals surface area contributed by atoms with Crippen LogP contribution in [0.5, 0.6) is 0 Å². The van der Waals surface area contributed by atoms with E-state index in [1.807, 2.05) is 12.1 Å². The molecule has 0 N–H and O–H groups in total. The van der Waals surface area contributed by atoms with Gasteiger partial charge in [-0.2, -0.15) is 5.26 Å². The van der Waals surface area contributed by atoms with Crippen LogP contribution in [0.1, 0.15) is 44.2 Å². The Kier molecular flexibility index (Phi) is 6.59.